The second kappa shape index (κ2) is 4.78. The number of benzene rings is 1. The lowest BCUT2D eigenvalue weighted by atomic mass is 10.2. The van der Waals surface area contributed by atoms with E-state index in [0.29, 0.717) is 0 Å². The standard InChI is InChI=1S/C8H9.C2H5.Mg/c1-2-8-6-4-3-5-7-8;1-2;/h3-6H,2H2,1H3;1H2,2H3;. The molecule has 0 aliphatic rings. The molecule has 0 aliphatic heterocycles. The molecule has 0 nitrogen and oxygen atoms in total. The van der Waals surface area contributed by atoms with Crippen molar-refractivity contribution in [3.05, 3.63) is 29.8 Å². The van der Waals surface area contributed by atoms with Gasteiger partial charge in [0.25, 0.3) is 0 Å². The van der Waals surface area contributed by atoms with Gasteiger partial charge in [-0.3, -0.25) is 0 Å². The van der Waals surface area contributed by atoms with Crippen molar-refractivity contribution in [2.45, 2.75) is 24.8 Å². The largest absolute Gasteiger partial charge is 0.408 e. The maximum atomic E-state index is 2.30. The highest BCUT2D eigenvalue weighted by Crippen LogP contribution is 1.96. The van der Waals surface area contributed by atoms with Gasteiger partial charge in [0.1, 0.15) is 0 Å². The van der Waals surface area contributed by atoms with Crippen LogP contribution in [0.25, 0.3) is 0 Å². The Labute approximate surface area is 78.7 Å². The van der Waals surface area contributed by atoms with Gasteiger partial charge in [0.15, 0.2) is 0 Å². The predicted octanol–water partition coefficient (Wildman–Crippen LogP) is 2.02. The average molecular weight is 159 g/mol. The maximum Gasteiger partial charge on any atom is 0.408 e. The van der Waals surface area contributed by atoms with Crippen molar-refractivity contribution in [1.29, 1.82) is 0 Å². The molecule has 0 spiro atoms. The third-order valence-corrected chi connectivity index (χ3v) is 3.75. The normalized spacial score (nSPS) is 9.27. The molecule has 1 heteroatoms. The van der Waals surface area contributed by atoms with Crippen LogP contribution in [0.4, 0.5) is 0 Å². The summed E-state index contributed by atoms with van der Waals surface area (Å²) < 4.78 is 3.05. The van der Waals surface area contributed by atoms with E-state index in [1.807, 2.05) is 0 Å². The van der Waals surface area contributed by atoms with Crippen molar-refractivity contribution in [3.8, 4) is 0 Å². The van der Waals surface area contributed by atoms with Crippen LogP contribution in [0.5, 0.6) is 0 Å². The molecule has 1 aromatic rings. The average Bonchev–Trinajstić information content (AvgIpc) is 2.06. The summed E-state index contributed by atoms with van der Waals surface area (Å²) in [7, 11) is 0. The van der Waals surface area contributed by atoms with Crippen LogP contribution in [0.2, 0.25) is 4.55 Å². The lowest BCUT2D eigenvalue weighted by Gasteiger charge is -2.04. The number of aryl methyl sites for hydroxylation is 1. The molecular formula is C10H14Mg. The summed E-state index contributed by atoms with van der Waals surface area (Å²) in [6, 6.07) is 8.87. The molecule has 56 valence electrons. The molecule has 0 aliphatic carbocycles. The Morgan fingerprint density at radius 2 is 1.91 bits per heavy atom. The molecule has 0 saturated carbocycles. The fraction of sp³-hybridized carbons (Fsp3) is 0.400. The van der Waals surface area contributed by atoms with Gasteiger partial charge >= 0.3 is 20.4 Å². The summed E-state index contributed by atoms with van der Waals surface area (Å²) in [6.07, 6.45) is 1.20. The van der Waals surface area contributed by atoms with E-state index < -0.39 is 0 Å². The molecule has 11 heavy (non-hydrogen) atoms. The Morgan fingerprint density at radius 1 is 1.18 bits per heavy atom. The summed E-state index contributed by atoms with van der Waals surface area (Å²) in [5.41, 5.74) is 1.57. The van der Waals surface area contributed by atoms with E-state index in [4.69, 9.17) is 0 Å². The molecule has 0 amide bonds. The molecule has 0 N–H and O–H groups in total. The van der Waals surface area contributed by atoms with E-state index >= 15 is 0 Å². The van der Waals surface area contributed by atoms with Crippen LogP contribution >= 0.6 is 0 Å². The molecule has 0 fully saturated rings. The van der Waals surface area contributed by atoms with E-state index in [1.165, 1.54) is 11.0 Å². The maximum absolute atomic E-state index is 2.30. The van der Waals surface area contributed by atoms with Gasteiger partial charge in [-0.05, 0) is 6.42 Å². The van der Waals surface area contributed by atoms with Gasteiger partial charge in [-0.1, -0.05) is 43.7 Å². The second-order valence-corrected chi connectivity index (χ2v) is 5.13. The minimum atomic E-state index is 0.0591. The highest BCUT2D eigenvalue weighted by Gasteiger charge is 1.99. The van der Waals surface area contributed by atoms with Crippen LogP contribution in [0.15, 0.2) is 24.3 Å². The first kappa shape index (κ1) is 9.08. The van der Waals surface area contributed by atoms with Crippen molar-refractivity contribution in [2.24, 2.45) is 0 Å². The smallest absolute Gasteiger partial charge is 0.171 e. The van der Waals surface area contributed by atoms with Crippen LogP contribution in [0.1, 0.15) is 19.4 Å². The minimum absolute atomic E-state index is 0.0591. The van der Waals surface area contributed by atoms with Crippen molar-refractivity contribution in [1.82, 2.24) is 0 Å². The number of hydrogen-bond donors (Lipinski definition) is 0. The molecule has 0 saturated heterocycles. The van der Waals surface area contributed by atoms with Gasteiger partial charge in [-0.15, -0.1) is 4.55 Å². The topological polar surface area (TPSA) is 0 Å². The van der Waals surface area contributed by atoms with Crippen LogP contribution in [0.3, 0.4) is 0 Å². The monoisotopic (exact) mass is 158 g/mol. The Bertz CT molecular complexity index is 218. The molecule has 1 rings (SSSR count). The minimum Gasteiger partial charge on any atom is -0.171 e. The lowest BCUT2D eigenvalue weighted by molar-refractivity contribution is 1.15. The SMILES string of the molecule is C[CH2][Mg][c]1ccccc1CC. The van der Waals surface area contributed by atoms with Crippen molar-refractivity contribution in [2.75, 3.05) is 0 Å². The first-order valence-corrected chi connectivity index (χ1v) is 6.16. The first-order valence-electron chi connectivity index (χ1n) is 4.45. The Balaban J connectivity index is 2.83. The van der Waals surface area contributed by atoms with Gasteiger partial charge in [0.05, 0.1) is 0 Å². The van der Waals surface area contributed by atoms with E-state index in [1.54, 1.807) is 9.26 Å². The van der Waals surface area contributed by atoms with Crippen LogP contribution in [-0.4, -0.2) is 20.4 Å². The molecule has 0 atom stereocenters. The highest BCUT2D eigenvalue weighted by molar-refractivity contribution is 6.53. The zero-order valence-electron chi connectivity index (χ0n) is 7.43. The summed E-state index contributed by atoms with van der Waals surface area (Å²) in [5.74, 6) is 0. The van der Waals surface area contributed by atoms with Gasteiger partial charge in [0.2, 0.25) is 0 Å². The fourth-order valence-corrected chi connectivity index (χ4v) is 2.95. The van der Waals surface area contributed by atoms with Crippen LogP contribution < -0.4 is 3.69 Å². The van der Waals surface area contributed by atoms with E-state index in [-0.39, 0.29) is 20.4 Å². The molecule has 0 bridgehead atoms. The summed E-state index contributed by atoms with van der Waals surface area (Å²) in [5, 5.41) is 0. The highest BCUT2D eigenvalue weighted by atomic mass is 24.5. The van der Waals surface area contributed by atoms with Gasteiger partial charge in [0, 0.05) is 0 Å². The van der Waals surface area contributed by atoms with Gasteiger partial charge in [-0.25, -0.2) is 0 Å². The first-order chi connectivity index (χ1) is 5.38. The van der Waals surface area contributed by atoms with E-state index in [9.17, 15) is 0 Å². The summed E-state index contributed by atoms with van der Waals surface area (Å²) in [6.45, 7) is 4.53. The van der Waals surface area contributed by atoms with Gasteiger partial charge < -0.3 is 0 Å². The third kappa shape index (κ3) is 2.49. The third-order valence-electron chi connectivity index (χ3n) is 2.02. The van der Waals surface area contributed by atoms with E-state index in [0.717, 1.165) is 0 Å². The molecule has 1 aromatic carbocycles. The summed E-state index contributed by atoms with van der Waals surface area (Å²) in [4.78, 5) is 0. The second-order valence-electron chi connectivity index (χ2n) is 2.87. The van der Waals surface area contributed by atoms with Crippen molar-refractivity contribution in [3.63, 3.8) is 0 Å². The quantitative estimate of drug-likeness (QED) is 0.591. The fourth-order valence-electron chi connectivity index (χ4n) is 1.42. The van der Waals surface area contributed by atoms with Crippen LogP contribution in [-0.2, 0) is 6.42 Å². The van der Waals surface area contributed by atoms with Gasteiger partial charge in [-0.2, -0.15) is 3.69 Å². The molecule has 0 aromatic heterocycles. The Kier molecular flexibility index (Phi) is 3.95. The van der Waals surface area contributed by atoms with Crippen molar-refractivity contribution >= 4 is 24.1 Å². The van der Waals surface area contributed by atoms with Crippen LogP contribution in [0, 0.1) is 0 Å². The molecule has 0 radical (unpaired) electrons. The molecular weight excluding hydrogens is 144 g/mol. The molecule has 0 unspecified atom stereocenters. The number of hydrogen-bond acceptors (Lipinski definition) is 0. The molecule has 0 heterocycles. The number of rotatable bonds is 3. The van der Waals surface area contributed by atoms with Crippen molar-refractivity contribution < 1.29 is 0 Å². The Hall–Kier alpha value is -0.0138. The lowest BCUT2D eigenvalue weighted by Crippen LogP contribution is -2.17. The zero-order chi connectivity index (χ0) is 8.10. The zero-order valence-corrected chi connectivity index (χ0v) is 8.84. The van der Waals surface area contributed by atoms with E-state index in [2.05, 4.69) is 38.1 Å². The Morgan fingerprint density at radius 3 is 2.55 bits per heavy atom. The summed E-state index contributed by atoms with van der Waals surface area (Å²) >= 11 is 0.0591. The predicted molar refractivity (Wildman–Crippen MR) is 51.7 cm³/mol.